The van der Waals surface area contributed by atoms with Crippen LogP contribution in [0.25, 0.3) is 0 Å². The molecule has 1 aromatic carbocycles. The molecule has 0 radical (unpaired) electrons. The van der Waals surface area contributed by atoms with Gasteiger partial charge in [0.05, 0.1) is 6.10 Å². The van der Waals surface area contributed by atoms with Crippen molar-refractivity contribution in [2.24, 2.45) is 0 Å². The summed E-state index contributed by atoms with van der Waals surface area (Å²) >= 11 is 0. The second-order valence-corrected chi connectivity index (χ2v) is 6.76. The van der Waals surface area contributed by atoms with E-state index in [9.17, 15) is 0 Å². The molecule has 1 aliphatic heterocycles. The zero-order valence-corrected chi connectivity index (χ0v) is 13.3. The van der Waals surface area contributed by atoms with Crippen LogP contribution in [0.5, 0.6) is 5.75 Å². The van der Waals surface area contributed by atoms with Crippen molar-refractivity contribution in [3.05, 3.63) is 29.8 Å². The smallest absolute Gasteiger partial charge is 0.119 e. The van der Waals surface area contributed by atoms with E-state index in [4.69, 9.17) is 4.74 Å². The van der Waals surface area contributed by atoms with Gasteiger partial charge < -0.3 is 10.1 Å². The van der Waals surface area contributed by atoms with Crippen LogP contribution in [0.2, 0.25) is 0 Å². The predicted octanol–water partition coefficient (Wildman–Crippen LogP) is 3.19. The molecule has 2 fully saturated rings. The van der Waals surface area contributed by atoms with Crippen LogP contribution in [0.4, 0.5) is 0 Å². The van der Waals surface area contributed by atoms with Crippen molar-refractivity contribution in [3.8, 4) is 5.75 Å². The first-order chi connectivity index (χ1) is 10.2. The Hall–Kier alpha value is -1.06. The Kier molecular flexibility index (Phi) is 4.81. The number of nitrogens with one attached hydrogen (secondary N) is 1. The molecule has 1 heterocycles. The van der Waals surface area contributed by atoms with Crippen molar-refractivity contribution >= 4 is 0 Å². The molecule has 3 nitrogen and oxygen atoms in total. The average molecular weight is 288 g/mol. The summed E-state index contributed by atoms with van der Waals surface area (Å²) in [6, 6.07) is 10.2. The quantitative estimate of drug-likeness (QED) is 0.834. The largest absolute Gasteiger partial charge is 0.491 e. The second kappa shape index (κ2) is 6.80. The summed E-state index contributed by atoms with van der Waals surface area (Å²) in [6.07, 6.45) is 5.67. The summed E-state index contributed by atoms with van der Waals surface area (Å²) in [5, 5.41) is 3.62. The fraction of sp³-hybridized carbons (Fsp3) is 0.667. The predicted molar refractivity (Wildman–Crippen MR) is 86.7 cm³/mol. The Bertz CT molecular complexity index is 433. The molecule has 1 saturated carbocycles. The maximum atomic E-state index is 5.72. The van der Waals surface area contributed by atoms with Gasteiger partial charge in [-0.25, -0.2) is 0 Å². The molecule has 2 aliphatic rings. The van der Waals surface area contributed by atoms with Gasteiger partial charge in [0.1, 0.15) is 5.75 Å². The zero-order valence-electron chi connectivity index (χ0n) is 13.3. The van der Waals surface area contributed by atoms with Gasteiger partial charge in [-0.1, -0.05) is 12.1 Å². The zero-order chi connectivity index (χ0) is 14.7. The highest BCUT2D eigenvalue weighted by Crippen LogP contribution is 2.29. The van der Waals surface area contributed by atoms with Gasteiger partial charge in [-0.05, 0) is 63.8 Å². The third-order valence-corrected chi connectivity index (χ3v) is 4.36. The summed E-state index contributed by atoms with van der Waals surface area (Å²) in [4.78, 5) is 2.67. The first-order valence-electron chi connectivity index (χ1n) is 8.44. The molecule has 1 aromatic rings. The Morgan fingerprint density at radius 2 is 1.95 bits per heavy atom. The van der Waals surface area contributed by atoms with E-state index in [1.807, 2.05) is 0 Å². The van der Waals surface area contributed by atoms with E-state index < -0.39 is 0 Å². The Balaban J connectivity index is 1.57. The fourth-order valence-electron chi connectivity index (χ4n) is 3.16. The van der Waals surface area contributed by atoms with Crippen LogP contribution in [0.3, 0.4) is 0 Å². The van der Waals surface area contributed by atoms with Gasteiger partial charge >= 0.3 is 0 Å². The van der Waals surface area contributed by atoms with Crippen molar-refractivity contribution in [1.82, 2.24) is 10.2 Å². The molecule has 1 atom stereocenters. The fourth-order valence-corrected chi connectivity index (χ4v) is 3.16. The third-order valence-electron chi connectivity index (χ3n) is 4.36. The van der Waals surface area contributed by atoms with Gasteiger partial charge in [0.25, 0.3) is 0 Å². The number of nitrogens with zero attached hydrogens (tertiary/aromatic N) is 1. The van der Waals surface area contributed by atoms with Gasteiger partial charge in [-0.3, -0.25) is 4.90 Å². The minimum atomic E-state index is 0.243. The van der Waals surface area contributed by atoms with Crippen LogP contribution in [-0.4, -0.2) is 36.2 Å². The summed E-state index contributed by atoms with van der Waals surface area (Å²) in [5.74, 6) is 0.976. The molecule has 116 valence electrons. The van der Waals surface area contributed by atoms with Crippen molar-refractivity contribution in [3.63, 3.8) is 0 Å². The van der Waals surface area contributed by atoms with Crippen molar-refractivity contribution in [2.75, 3.05) is 13.1 Å². The lowest BCUT2D eigenvalue weighted by Gasteiger charge is -2.25. The Morgan fingerprint density at radius 1 is 1.19 bits per heavy atom. The monoisotopic (exact) mass is 288 g/mol. The highest BCUT2D eigenvalue weighted by Gasteiger charge is 2.31. The number of rotatable bonds is 7. The molecule has 21 heavy (non-hydrogen) atoms. The first kappa shape index (κ1) is 14.9. The molecule has 0 spiro atoms. The van der Waals surface area contributed by atoms with E-state index in [0.29, 0.717) is 6.04 Å². The van der Waals surface area contributed by atoms with Crippen LogP contribution in [-0.2, 0) is 6.54 Å². The molecule has 1 aliphatic carbocycles. The number of hydrogen-bond acceptors (Lipinski definition) is 3. The molecule has 1 unspecified atom stereocenters. The van der Waals surface area contributed by atoms with Crippen molar-refractivity contribution < 1.29 is 4.74 Å². The third kappa shape index (κ3) is 4.45. The van der Waals surface area contributed by atoms with Gasteiger partial charge in [0.2, 0.25) is 0 Å². The molecule has 0 bridgehead atoms. The van der Waals surface area contributed by atoms with Crippen molar-refractivity contribution in [1.29, 1.82) is 0 Å². The van der Waals surface area contributed by atoms with Gasteiger partial charge in [-0.15, -0.1) is 0 Å². The van der Waals surface area contributed by atoms with E-state index in [0.717, 1.165) is 18.3 Å². The van der Waals surface area contributed by atoms with Crippen LogP contribution in [0, 0.1) is 0 Å². The molecule has 0 aromatic heterocycles. The maximum absolute atomic E-state index is 5.72. The molecule has 3 heteroatoms. The summed E-state index contributed by atoms with van der Waals surface area (Å²) in [6.45, 7) is 7.61. The first-order valence-corrected chi connectivity index (χ1v) is 8.44. The number of ether oxygens (including phenoxy) is 1. The van der Waals surface area contributed by atoms with E-state index in [1.165, 1.54) is 44.3 Å². The Morgan fingerprint density at radius 3 is 2.52 bits per heavy atom. The minimum Gasteiger partial charge on any atom is -0.491 e. The topological polar surface area (TPSA) is 24.5 Å². The molecule has 3 rings (SSSR count). The van der Waals surface area contributed by atoms with Crippen molar-refractivity contribution in [2.45, 2.75) is 64.3 Å². The lowest BCUT2D eigenvalue weighted by atomic mass is 10.1. The Labute approximate surface area is 128 Å². The molecule has 0 amide bonds. The lowest BCUT2D eigenvalue weighted by Crippen LogP contribution is -2.38. The highest BCUT2D eigenvalue weighted by atomic mass is 16.5. The summed E-state index contributed by atoms with van der Waals surface area (Å²) in [5.41, 5.74) is 1.40. The lowest BCUT2D eigenvalue weighted by molar-refractivity contribution is 0.230. The van der Waals surface area contributed by atoms with Crippen LogP contribution < -0.4 is 10.1 Å². The number of benzene rings is 1. The molecule has 1 saturated heterocycles. The minimum absolute atomic E-state index is 0.243. The van der Waals surface area contributed by atoms with Gasteiger partial charge in [0, 0.05) is 25.2 Å². The summed E-state index contributed by atoms with van der Waals surface area (Å²) in [7, 11) is 0. The maximum Gasteiger partial charge on any atom is 0.119 e. The SMILES string of the molecule is CC(C)Oc1ccc(CN(CC2CCCN2)C2CC2)cc1. The normalized spacial score (nSPS) is 22.2. The standard InChI is InChI=1S/C18H28N2O/c1-14(2)21-18-9-5-15(6-10-18)12-20(17-7-8-17)13-16-4-3-11-19-16/h5-6,9-10,14,16-17,19H,3-4,7-8,11-13H2,1-2H3. The van der Waals surface area contributed by atoms with Crippen LogP contribution in [0.1, 0.15) is 45.1 Å². The van der Waals surface area contributed by atoms with E-state index >= 15 is 0 Å². The van der Waals surface area contributed by atoms with E-state index in [-0.39, 0.29) is 6.10 Å². The molecular weight excluding hydrogens is 260 g/mol. The second-order valence-electron chi connectivity index (χ2n) is 6.76. The van der Waals surface area contributed by atoms with Crippen LogP contribution in [0.15, 0.2) is 24.3 Å². The van der Waals surface area contributed by atoms with E-state index in [2.05, 4.69) is 48.3 Å². The van der Waals surface area contributed by atoms with Gasteiger partial charge in [0.15, 0.2) is 0 Å². The van der Waals surface area contributed by atoms with E-state index in [1.54, 1.807) is 0 Å². The molecular formula is C18H28N2O. The average Bonchev–Trinajstić information content (AvgIpc) is 3.18. The highest BCUT2D eigenvalue weighted by molar-refractivity contribution is 5.27. The van der Waals surface area contributed by atoms with Gasteiger partial charge in [-0.2, -0.15) is 0 Å². The van der Waals surface area contributed by atoms with Crippen LogP contribution >= 0.6 is 0 Å². The summed E-state index contributed by atoms with van der Waals surface area (Å²) < 4.78 is 5.72. The molecule has 1 N–H and O–H groups in total. The number of hydrogen-bond donors (Lipinski definition) is 1.